The molecule has 1 heterocycles. The monoisotopic (exact) mass is 257 g/mol. The van der Waals surface area contributed by atoms with Crippen LogP contribution in [0.5, 0.6) is 0 Å². The molecule has 1 N–H and O–H groups in total. The van der Waals surface area contributed by atoms with Gasteiger partial charge in [0.1, 0.15) is 5.82 Å². The van der Waals surface area contributed by atoms with Crippen LogP contribution >= 0.6 is 15.9 Å². The quantitative estimate of drug-likeness (QED) is 0.860. The molecule has 1 aliphatic heterocycles. The number of hydrogen-bond acceptors (Lipinski definition) is 1. The molecule has 0 amide bonds. The Bertz CT molecular complexity index is 321. The Kier molecular flexibility index (Phi) is 3.19. The summed E-state index contributed by atoms with van der Waals surface area (Å²) < 4.78 is 14.0. The normalized spacial score (nSPS) is 21.4. The third-order valence-corrected chi connectivity index (χ3v) is 3.45. The van der Waals surface area contributed by atoms with Crippen LogP contribution in [0.2, 0.25) is 0 Å². The summed E-state index contributed by atoms with van der Waals surface area (Å²) in [5.74, 6) is 0.516. The minimum atomic E-state index is -0.144. The predicted molar refractivity (Wildman–Crippen MR) is 58.8 cm³/mol. The van der Waals surface area contributed by atoms with Gasteiger partial charge < -0.3 is 5.32 Å². The fourth-order valence-electron chi connectivity index (χ4n) is 1.90. The maximum atomic E-state index is 13.0. The van der Waals surface area contributed by atoms with Crippen molar-refractivity contribution in [2.45, 2.75) is 12.8 Å². The van der Waals surface area contributed by atoms with Crippen LogP contribution in [0.15, 0.2) is 22.7 Å². The molecule has 0 aromatic heterocycles. The van der Waals surface area contributed by atoms with E-state index in [1.54, 1.807) is 12.1 Å². The van der Waals surface area contributed by atoms with Gasteiger partial charge in [0.2, 0.25) is 0 Å². The zero-order chi connectivity index (χ0) is 9.97. The SMILES string of the molecule is Fc1ccc(Br)c(CC2CCNC2)c1. The van der Waals surface area contributed by atoms with E-state index >= 15 is 0 Å². The molecule has 1 nitrogen and oxygen atoms in total. The average Bonchev–Trinajstić information content (AvgIpc) is 2.64. The van der Waals surface area contributed by atoms with Crippen LogP contribution in [0, 0.1) is 11.7 Å². The highest BCUT2D eigenvalue weighted by atomic mass is 79.9. The van der Waals surface area contributed by atoms with Crippen molar-refractivity contribution in [3.63, 3.8) is 0 Å². The van der Waals surface area contributed by atoms with E-state index in [1.807, 2.05) is 0 Å². The molecule has 1 aliphatic rings. The lowest BCUT2D eigenvalue weighted by Crippen LogP contribution is -2.11. The van der Waals surface area contributed by atoms with Gasteiger partial charge in [0, 0.05) is 4.47 Å². The van der Waals surface area contributed by atoms with Gasteiger partial charge in [-0.25, -0.2) is 4.39 Å². The molecule has 1 atom stereocenters. The third kappa shape index (κ3) is 2.34. The summed E-state index contributed by atoms with van der Waals surface area (Å²) in [6, 6.07) is 4.90. The molecule has 0 radical (unpaired) electrons. The zero-order valence-corrected chi connectivity index (χ0v) is 9.48. The van der Waals surface area contributed by atoms with Gasteiger partial charge in [-0.05, 0) is 55.6 Å². The van der Waals surface area contributed by atoms with Gasteiger partial charge >= 0.3 is 0 Å². The molecular weight excluding hydrogens is 245 g/mol. The van der Waals surface area contributed by atoms with E-state index in [0.29, 0.717) is 5.92 Å². The molecule has 0 saturated carbocycles. The van der Waals surface area contributed by atoms with Crippen LogP contribution in [0.3, 0.4) is 0 Å². The van der Waals surface area contributed by atoms with E-state index in [2.05, 4.69) is 21.2 Å². The standard InChI is InChI=1S/C11H13BrFN/c12-11-2-1-10(13)6-9(11)5-8-3-4-14-7-8/h1-2,6,8,14H,3-5,7H2. The van der Waals surface area contributed by atoms with Crippen molar-refractivity contribution in [3.8, 4) is 0 Å². The minimum Gasteiger partial charge on any atom is -0.316 e. The van der Waals surface area contributed by atoms with E-state index in [4.69, 9.17) is 0 Å². The number of benzene rings is 1. The highest BCUT2D eigenvalue weighted by Crippen LogP contribution is 2.23. The van der Waals surface area contributed by atoms with Gasteiger partial charge in [-0.1, -0.05) is 15.9 Å². The van der Waals surface area contributed by atoms with Crippen molar-refractivity contribution in [1.29, 1.82) is 0 Å². The summed E-state index contributed by atoms with van der Waals surface area (Å²) in [7, 11) is 0. The number of hydrogen-bond donors (Lipinski definition) is 1. The lowest BCUT2D eigenvalue weighted by molar-refractivity contribution is 0.572. The Balaban J connectivity index is 2.10. The fourth-order valence-corrected chi connectivity index (χ4v) is 2.31. The second kappa shape index (κ2) is 4.41. The molecule has 0 aliphatic carbocycles. The highest BCUT2D eigenvalue weighted by Gasteiger charge is 2.16. The van der Waals surface area contributed by atoms with Gasteiger partial charge in [0.05, 0.1) is 0 Å². The molecule has 1 fully saturated rings. The van der Waals surface area contributed by atoms with Gasteiger partial charge in [0.25, 0.3) is 0 Å². The third-order valence-electron chi connectivity index (χ3n) is 2.68. The maximum Gasteiger partial charge on any atom is 0.123 e. The first-order valence-electron chi connectivity index (χ1n) is 4.90. The zero-order valence-electron chi connectivity index (χ0n) is 7.89. The Morgan fingerprint density at radius 3 is 3.07 bits per heavy atom. The van der Waals surface area contributed by atoms with Gasteiger partial charge in [-0.15, -0.1) is 0 Å². The van der Waals surface area contributed by atoms with Gasteiger partial charge in [-0.2, -0.15) is 0 Å². The molecule has 1 unspecified atom stereocenters. The first kappa shape index (κ1) is 10.1. The minimum absolute atomic E-state index is 0.144. The van der Waals surface area contributed by atoms with E-state index < -0.39 is 0 Å². The van der Waals surface area contributed by atoms with Crippen LogP contribution in [-0.2, 0) is 6.42 Å². The number of rotatable bonds is 2. The summed E-state index contributed by atoms with van der Waals surface area (Å²) in [5, 5.41) is 3.32. The number of halogens is 2. The van der Waals surface area contributed by atoms with Crippen molar-refractivity contribution in [2.75, 3.05) is 13.1 Å². The Hall–Kier alpha value is -0.410. The molecule has 14 heavy (non-hydrogen) atoms. The Morgan fingerprint density at radius 1 is 1.50 bits per heavy atom. The van der Waals surface area contributed by atoms with Crippen molar-refractivity contribution in [2.24, 2.45) is 5.92 Å². The summed E-state index contributed by atoms with van der Waals surface area (Å²) in [4.78, 5) is 0. The molecule has 0 bridgehead atoms. The molecule has 2 rings (SSSR count). The second-order valence-corrected chi connectivity index (χ2v) is 4.65. The Morgan fingerprint density at radius 2 is 2.36 bits per heavy atom. The van der Waals surface area contributed by atoms with E-state index in [9.17, 15) is 4.39 Å². The number of nitrogens with one attached hydrogen (secondary N) is 1. The van der Waals surface area contributed by atoms with Crippen molar-refractivity contribution >= 4 is 15.9 Å². The molecule has 1 aromatic rings. The molecule has 1 saturated heterocycles. The van der Waals surface area contributed by atoms with Crippen LogP contribution in [0.1, 0.15) is 12.0 Å². The molecule has 3 heteroatoms. The van der Waals surface area contributed by atoms with Crippen LogP contribution in [-0.4, -0.2) is 13.1 Å². The highest BCUT2D eigenvalue weighted by molar-refractivity contribution is 9.10. The van der Waals surface area contributed by atoms with Gasteiger partial charge in [0.15, 0.2) is 0 Å². The van der Waals surface area contributed by atoms with Gasteiger partial charge in [-0.3, -0.25) is 0 Å². The maximum absolute atomic E-state index is 13.0. The van der Waals surface area contributed by atoms with Crippen LogP contribution in [0.25, 0.3) is 0 Å². The fraction of sp³-hybridized carbons (Fsp3) is 0.455. The summed E-state index contributed by atoms with van der Waals surface area (Å²) in [6.45, 7) is 2.15. The van der Waals surface area contributed by atoms with E-state index in [1.165, 1.54) is 12.5 Å². The molecule has 76 valence electrons. The Labute approximate surface area is 91.8 Å². The first-order valence-corrected chi connectivity index (χ1v) is 5.69. The van der Waals surface area contributed by atoms with E-state index in [0.717, 1.165) is 29.5 Å². The van der Waals surface area contributed by atoms with Crippen molar-refractivity contribution in [1.82, 2.24) is 5.32 Å². The largest absolute Gasteiger partial charge is 0.316 e. The van der Waals surface area contributed by atoms with E-state index in [-0.39, 0.29) is 5.82 Å². The summed E-state index contributed by atoms with van der Waals surface area (Å²) in [5.41, 5.74) is 1.08. The first-order chi connectivity index (χ1) is 6.75. The van der Waals surface area contributed by atoms with Crippen LogP contribution in [0.4, 0.5) is 4.39 Å². The average molecular weight is 258 g/mol. The van der Waals surface area contributed by atoms with Crippen molar-refractivity contribution in [3.05, 3.63) is 34.1 Å². The van der Waals surface area contributed by atoms with Crippen LogP contribution < -0.4 is 5.32 Å². The van der Waals surface area contributed by atoms with Crippen molar-refractivity contribution < 1.29 is 4.39 Å². The lowest BCUT2D eigenvalue weighted by Gasteiger charge is -2.09. The smallest absolute Gasteiger partial charge is 0.123 e. The summed E-state index contributed by atoms with van der Waals surface area (Å²) in [6.07, 6.45) is 2.16. The molecule has 1 aromatic carbocycles. The topological polar surface area (TPSA) is 12.0 Å². The summed E-state index contributed by atoms with van der Waals surface area (Å²) >= 11 is 3.45. The molecule has 0 spiro atoms. The lowest BCUT2D eigenvalue weighted by atomic mass is 9.99. The second-order valence-electron chi connectivity index (χ2n) is 3.80. The predicted octanol–water partition coefficient (Wildman–Crippen LogP) is 2.74. The molecular formula is C11H13BrFN.